The number of aromatic nitrogens is 6. The Morgan fingerprint density at radius 1 is 1.17 bits per heavy atom. The first-order valence-corrected chi connectivity index (χ1v) is 7.85. The van der Waals surface area contributed by atoms with E-state index in [-0.39, 0.29) is 16.9 Å². The molecule has 2 N–H and O–H groups in total. The van der Waals surface area contributed by atoms with Gasteiger partial charge in [0.15, 0.2) is 0 Å². The SMILES string of the molecule is CCCCCOc1ccccc1-c1ncc(-c2nn[nH]n2)c(=O)[nH]1. The third-order valence-corrected chi connectivity index (χ3v) is 3.53. The maximum absolute atomic E-state index is 12.3. The average Bonchev–Trinajstić information content (AvgIpc) is 3.13. The van der Waals surface area contributed by atoms with E-state index in [4.69, 9.17) is 4.74 Å². The van der Waals surface area contributed by atoms with Gasteiger partial charge >= 0.3 is 0 Å². The maximum Gasteiger partial charge on any atom is 0.262 e. The molecule has 3 aromatic rings. The molecule has 2 heterocycles. The van der Waals surface area contributed by atoms with Crippen LogP contribution in [0.5, 0.6) is 5.75 Å². The second-order valence-corrected chi connectivity index (χ2v) is 5.26. The maximum atomic E-state index is 12.3. The Labute approximate surface area is 138 Å². The van der Waals surface area contributed by atoms with Crippen molar-refractivity contribution in [2.24, 2.45) is 0 Å². The first kappa shape index (κ1) is 15.9. The third kappa shape index (κ3) is 3.48. The van der Waals surface area contributed by atoms with E-state index < -0.39 is 0 Å². The fourth-order valence-electron chi connectivity index (χ4n) is 2.29. The van der Waals surface area contributed by atoms with Gasteiger partial charge in [0.2, 0.25) is 5.82 Å². The quantitative estimate of drug-likeness (QED) is 0.644. The average molecular weight is 326 g/mol. The molecule has 0 bridgehead atoms. The van der Waals surface area contributed by atoms with Gasteiger partial charge < -0.3 is 9.72 Å². The van der Waals surface area contributed by atoms with E-state index in [1.165, 1.54) is 6.20 Å². The van der Waals surface area contributed by atoms with Crippen molar-refractivity contribution in [2.75, 3.05) is 6.61 Å². The van der Waals surface area contributed by atoms with Gasteiger partial charge in [-0.25, -0.2) is 4.98 Å². The molecule has 0 spiro atoms. The van der Waals surface area contributed by atoms with Gasteiger partial charge in [0, 0.05) is 6.20 Å². The third-order valence-electron chi connectivity index (χ3n) is 3.53. The zero-order valence-electron chi connectivity index (χ0n) is 13.3. The van der Waals surface area contributed by atoms with Gasteiger partial charge in [-0.3, -0.25) is 4.79 Å². The van der Waals surface area contributed by atoms with E-state index in [1.807, 2.05) is 24.3 Å². The minimum atomic E-state index is -0.331. The van der Waals surface area contributed by atoms with Crippen LogP contribution >= 0.6 is 0 Å². The predicted molar refractivity (Wildman–Crippen MR) is 88.5 cm³/mol. The van der Waals surface area contributed by atoms with Crippen LogP contribution in [-0.2, 0) is 0 Å². The summed E-state index contributed by atoms with van der Waals surface area (Å²) in [5.41, 5.74) is 0.668. The molecule has 0 aliphatic carbocycles. The van der Waals surface area contributed by atoms with Crippen molar-refractivity contribution in [3.63, 3.8) is 0 Å². The van der Waals surface area contributed by atoms with Crippen LogP contribution in [0.25, 0.3) is 22.8 Å². The summed E-state index contributed by atoms with van der Waals surface area (Å²) in [5.74, 6) is 1.35. The molecule has 0 saturated carbocycles. The lowest BCUT2D eigenvalue weighted by Gasteiger charge is -2.10. The number of para-hydroxylation sites is 1. The Hall–Kier alpha value is -3.03. The molecule has 0 unspecified atom stereocenters. The van der Waals surface area contributed by atoms with Crippen LogP contribution in [0.2, 0.25) is 0 Å². The zero-order chi connectivity index (χ0) is 16.8. The van der Waals surface area contributed by atoms with Crippen LogP contribution < -0.4 is 10.3 Å². The van der Waals surface area contributed by atoms with Crippen LogP contribution in [0, 0.1) is 0 Å². The Bertz CT molecular complexity index is 844. The van der Waals surface area contributed by atoms with E-state index in [2.05, 4.69) is 37.5 Å². The number of nitrogens with zero attached hydrogens (tertiary/aromatic N) is 4. The number of hydrogen-bond acceptors (Lipinski definition) is 6. The second kappa shape index (κ2) is 7.49. The molecule has 0 fully saturated rings. The number of aromatic amines is 2. The lowest BCUT2D eigenvalue weighted by atomic mass is 10.2. The largest absolute Gasteiger partial charge is 0.493 e. The van der Waals surface area contributed by atoms with E-state index in [1.54, 1.807) is 0 Å². The molecule has 124 valence electrons. The topological polar surface area (TPSA) is 109 Å². The fraction of sp³-hybridized carbons (Fsp3) is 0.312. The van der Waals surface area contributed by atoms with Gasteiger partial charge in [-0.1, -0.05) is 31.9 Å². The molecule has 0 aliphatic rings. The number of nitrogens with one attached hydrogen (secondary N) is 2. The Balaban J connectivity index is 1.87. The minimum absolute atomic E-state index is 0.208. The van der Waals surface area contributed by atoms with Gasteiger partial charge in [0.1, 0.15) is 17.1 Å². The Morgan fingerprint density at radius 3 is 2.79 bits per heavy atom. The number of unbranched alkanes of at least 4 members (excludes halogenated alkanes) is 2. The molecule has 0 aliphatic heterocycles. The summed E-state index contributed by atoms with van der Waals surface area (Å²) in [5, 5.41) is 13.3. The van der Waals surface area contributed by atoms with Gasteiger partial charge in [-0.15, -0.1) is 10.2 Å². The second-order valence-electron chi connectivity index (χ2n) is 5.26. The van der Waals surface area contributed by atoms with Crippen molar-refractivity contribution in [1.29, 1.82) is 0 Å². The molecule has 24 heavy (non-hydrogen) atoms. The number of hydrogen-bond donors (Lipinski definition) is 2. The molecule has 3 rings (SSSR count). The molecule has 0 radical (unpaired) electrons. The first-order chi connectivity index (χ1) is 11.8. The number of ether oxygens (including phenoxy) is 1. The molecule has 8 nitrogen and oxygen atoms in total. The normalized spacial score (nSPS) is 10.7. The van der Waals surface area contributed by atoms with Gasteiger partial charge in [-0.2, -0.15) is 5.21 Å². The van der Waals surface area contributed by atoms with E-state index in [9.17, 15) is 4.79 Å². The Morgan fingerprint density at radius 2 is 2.04 bits per heavy atom. The molecule has 0 saturated heterocycles. The molecule has 0 amide bonds. The summed E-state index contributed by atoms with van der Waals surface area (Å²) in [7, 11) is 0. The summed E-state index contributed by atoms with van der Waals surface area (Å²) in [6.07, 6.45) is 4.69. The summed E-state index contributed by atoms with van der Waals surface area (Å²) in [6.45, 7) is 2.78. The van der Waals surface area contributed by atoms with E-state index in [0.717, 1.165) is 24.8 Å². The van der Waals surface area contributed by atoms with Crippen LogP contribution in [0.3, 0.4) is 0 Å². The summed E-state index contributed by atoms with van der Waals surface area (Å²) < 4.78 is 5.83. The lowest BCUT2D eigenvalue weighted by molar-refractivity contribution is 0.307. The highest BCUT2D eigenvalue weighted by atomic mass is 16.5. The molecular weight excluding hydrogens is 308 g/mol. The molecule has 0 atom stereocenters. The van der Waals surface area contributed by atoms with Crippen LogP contribution in [0.15, 0.2) is 35.3 Å². The smallest absolute Gasteiger partial charge is 0.262 e. The zero-order valence-corrected chi connectivity index (χ0v) is 13.3. The first-order valence-electron chi connectivity index (χ1n) is 7.85. The lowest BCUT2D eigenvalue weighted by Crippen LogP contribution is -2.12. The highest BCUT2D eigenvalue weighted by molar-refractivity contribution is 5.65. The fourth-order valence-corrected chi connectivity index (χ4v) is 2.29. The van der Waals surface area contributed by atoms with Crippen LogP contribution in [0.1, 0.15) is 26.2 Å². The monoisotopic (exact) mass is 326 g/mol. The highest BCUT2D eigenvalue weighted by Gasteiger charge is 2.13. The van der Waals surface area contributed by atoms with Gasteiger partial charge in [0.05, 0.1) is 12.2 Å². The number of benzene rings is 1. The minimum Gasteiger partial charge on any atom is -0.493 e. The molecule has 1 aromatic carbocycles. The van der Waals surface area contributed by atoms with Crippen LogP contribution in [-0.4, -0.2) is 37.2 Å². The van der Waals surface area contributed by atoms with Crippen molar-refractivity contribution < 1.29 is 4.74 Å². The van der Waals surface area contributed by atoms with E-state index >= 15 is 0 Å². The Kier molecular flexibility index (Phi) is 4.95. The van der Waals surface area contributed by atoms with Crippen molar-refractivity contribution in [2.45, 2.75) is 26.2 Å². The van der Waals surface area contributed by atoms with Gasteiger partial charge in [-0.05, 0) is 23.8 Å². The van der Waals surface area contributed by atoms with Crippen molar-refractivity contribution >= 4 is 0 Å². The molecule has 8 heteroatoms. The molecular formula is C16H18N6O2. The summed E-state index contributed by atoms with van der Waals surface area (Å²) in [6, 6.07) is 7.50. The van der Waals surface area contributed by atoms with Crippen LogP contribution in [0.4, 0.5) is 0 Å². The number of H-pyrrole nitrogens is 2. The standard InChI is InChI=1S/C16H18N6O2/c1-2-3-6-9-24-13-8-5-4-7-11(13)14-17-10-12(16(23)18-14)15-19-21-22-20-15/h4-5,7-8,10H,2-3,6,9H2,1H3,(H,17,18,23)(H,19,20,21,22). The molecule has 2 aromatic heterocycles. The van der Waals surface area contributed by atoms with Gasteiger partial charge in [0.25, 0.3) is 5.56 Å². The number of rotatable bonds is 7. The highest BCUT2D eigenvalue weighted by Crippen LogP contribution is 2.27. The van der Waals surface area contributed by atoms with Crippen molar-refractivity contribution in [3.05, 3.63) is 40.8 Å². The summed E-state index contributed by atoms with van der Waals surface area (Å²) in [4.78, 5) is 19.3. The van der Waals surface area contributed by atoms with Crippen molar-refractivity contribution in [1.82, 2.24) is 30.6 Å². The summed E-state index contributed by atoms with van der Waals surface area (Å²) >= 11 is 0. The predicted octanol–water partition coefficient (Wildman–Crippen LogP) is 2.19. The number of tetrazole rings is 1. The van der Waals surface area contributed by atoms with Crippen molar-refractivity contribution in [3.8, 4) is 28.5 Å². The van der Waals surface area contributed by atoms with E-state index in [0.29, 0.717) is 18.2 Å².